The van der Waals surface area contributed by atoms with Gasteiger partial charge in [-0.15, -0.1) is 0 Å². The van der Waals surface area contributed by atoms with Gasteiger partial charge in [0.1, 0.15) is 0 Å². The van der Waals surface area contributed by atoms with Crippen molar-refractivity contribution < 1.29 is 9.59 Å². The van der Waals surface area contributed by atoms with E-state index in [1.165, 1.54) is 0 Å². The highest BCUT2D eigenvalue weighted by molar-refractivity contribution is 5.97. The minimum Gasteiger partial charge on any atom is -0.341 e. The quantitative estimate of drug-likeness (QED) is 0.810. The maximum Gasteiger partial charge on any atom is 0.328 e. The number of hydrogen-bond donors (Lipinski definition) is 0. The van der Waals surface area contributed by atoms with Crippen LogP contribution in [0.5, 0.6) is 0 Å². The molecule has 140 valence electrons. The van der Waals surface area contributed by atoms with Crippen molar-refractivity contribution in [2.75, 3.05) is 26.2 Å². The Bertz CT molecular complexity index is 909. The summed E-state index contributed by atoms with van der Waals surface area (Å²) in [6.07, 6.45) is 0.774. The molecule has 2 amide bonds. The molecular formula is C19H26N4O3. The van der Waals surface area contributed by atoms with Crippen molar-refractivity contribution in [3.05, 3.63) is 34.2 Å². The van der Waals surface area contributed by atoms with Crippen molar-refractivity contribution >= 4 is 22.8 Å². The topological polar surface area (TPSA) is 67.6 Å². The van der Waals surface area contributed by atoms with E-state index < -0.39 is 0 Å². The Hall–Kier alpha value is -2.57. The van der Waals surface area contributed by atoms with Crippen LogP contribution in [0.4, 0.5) is 0 Å². The van der Waals surface area contributed by atoms with Gasteiger partial charge >= 0.3 is 5.69 Å². The van der Waals surface area contributed by atoms with Crippen LogP contribution in [-0.2, 0) is 18.9 Å². The predicted molar refractivity (Wildman–Crippen MR) is 100 cm³/mol. The summed E-state index contributed by atoms with van der Waals surface area (Å²) in [5.41, 5.74) is 2.01. The molecule has 0 radical (unpaired) electrons. The predicted octanol–water partition coefficient (Wildman–Crippen LogP) is 1.21. The van der Waals surface area contributed by atoms with E-state index in [2.05, 4.69) is 0 Å². The second-order valence-electron chi connectivity index (χ2n) is 7.23. The summed E-state index contributed by atoms with van der Waals surface area (Å²) in [6.45, 7) is 6.21. The van der Waals surface area contributed by atoms with E-state index in [1.807, 2.05) is 24.8 Å². The van der Waals surface area contributed by atoms with Crippen LogP contribution in [0.3, 0.4) is 0 Å². The number of benzene rings is 1. The smallest absolute Gasteiger partial charge is 0.328 e. The van der Waals surface area contributed by atoms with E-state index in [9.17, 15) is 14.4 Å². The zero-order chi connectivity index (χ0) is 19.0. The number of nitrogens with zero attached hydrogens (tertiary/aromatic N) is 4. The number of rotatable bonds is 2. The summed E-state index contributed by atoms with van der Waals surface area (Å²) in [5, 5.41) is 0. The van der Waals surface area contributed by atoms with Crippen LogP contribution in [0.1, 0.15) is 30.6 Å². The van der Waals surface area contributed by atoms with Crippen LogP contribution in [0, 0.1) is 5.92 Å². The Morgan fingerprint density at radius 3 is 2.23 bits per heavy atom. The van der Waals surface area contributed by atoms with Gasteiger partial charge < -0.3 is 9.80 Å². The average Bonchev–Trinajstić information content (AvgIpc) is 2.82. The van der Waals surface area contributed by atoms with Gasteiger partial charge in [-0.1, -0.05) is 13.8 Å². The summed E-state index contributed by atoms with van der Waals surface area (Å²) < 4.78 is 3.13. The highest BCUT2D eigenvalue weighted by atomic mass is 16.2. The number of carbonyl (C=O) groups is 2. The molecule has 0 unspecified atom stereocenters. The van der Waals surface area contributed by atoms with Crippen LogP contribution < -0.4 is 5.69 Å². The second kappa shape index (κ2) is 6.97. The molecule has 0 saturated carbocycles. The number of imidazole rings is 1. The highest BCUT2D eigenvalue weighted by Crippen LogP contribution is 2.17. The Morgan fingerprint density at radius 2 is 1.54 bits per heavy atom. The Morgan fingerprint density at radius 1 is 0.923 bits per heavy atom. The van der Waals surface area contributed by atoms with Crippen LogP contribution in [0.15, 0.2) is 23.0 Å². The lowest BCUT2D eigenvalue weighted by Gasteiger charge is -2.23. The Labute approximate surface area is 152 Å². The number of fused-ring (bicyclic) bond motifs is 1. The minimum atomic E-state index is -0.109. The first kappa shape index (κ1) is 18.2. The van der Waals surface area contributed by atoms with Gasteiger partial charge in [-0.3, -0.25) is 18.7 Å². The normalized spacial score (nSPS) is 15.6. The maximum absolute atomic E-state index is 12.9. The molecule has 1 fully saturated rings. The summed E-state index contributed by atoms with van der Waals surface area (Å²) in [7, 11) is 3.43. The van der Waals surface area contributed by atoms with E-state index in [0.717, 1.165) is 17.5 Å². The molecule has 0 bridgehead atoms. The Kier molecular flexibility index (Phi) is 4.89. The first-order valence-corrected chi connectivity index (χ1v) is 9.04. The molecule has 0 spiro atoms. The van der Waals surface area contributed by atoms with Gasteiger partial charge in [0.25, 0.3) is 5.91 Å². The first-order chi connectivity index (χ1) is 12.3. The molecular weight excluding hydrogens is 332 g/mol. The number of carbonyl (C=O) groups excluding carboxylic acids is 2. The van der Waals surface area contributed by atoms with Crippen molar-refractivity contribution in [1.29, 1.82) is 0 Å². The standard InChI is InChI=1S/C19H26N4O3/c1-13(2)17(24)22-8-5-9-23(11-10-22)18(25)14-6-7-15-16(12-14)21(4)19(26)20(15)3/h6-7,12-13H,5,8-11H2,1-4H3. The van der Waals surface area contributed by atoms with Crippen molar-refractivity contribution in [3.8, 4) is 0 Å². The fraction of sp³-hybridized carbons (Fsp3) is 0.526. The third-order valence-corrected chi connectivity index (χ3v) is 5.11. The van der Waals surface area contributed by atoms with E-state index in [0.29, 0.717) is 31.7 Å². The van der Waals surface area contributed by atoms with Crippen molar-refractivity contribution in [2.45, 2.75) is 20.3 Å². The zero-order valence-electron chi connectivity index (χ0n) is 15.9. The molecule has 7 nitrogen and oxygen atoms in total. The lowest BCUT2D eigenvalue weighted by molar-refractivity contribution is -0.134. The van der Waals surface area contributed by atoms with E-state index in [-0.39, 0.29) is 23.4 Å². The van der Waals surface area contributed by atoms with Gasteiger partial charge in [0.2, 0.25) is 5.91 Å². The van der Waals surface area contributed by atoms with Gasteiger partial charge in [0, 0.05) is 51.8 Å². The lowest BCUT2D eigenvalue weighted by atomic mass is 10.1. The zero-order valence-corrected chi connectivity index (χ0v) is 15.9. The van der Waals surface area contributed by atoms with Gasteiger partial charge in [-0.05, 0) is 24.6 Å². The number of aryl methyl sites for hydroxylation is 2. The third-order valence-electron chi connectivity index (χ3n) is 5.11. The van der Waals surface area contributed by atoms with Crippen molar-refractivity contribution in [1.82, 2.24) is 18.9 Å². The summed E-state index contributed by atoms with van der Waals surface area (Å²) >= 11 is 0. The molecule has 3 rings (SSSR count). The largest absolute Gasteiger partial charge is 0.341 e. The average molecular weight is 358 g/mol. The van der Waals surface area contributed by atoms with E-state index in [1.54, 1.807) is 40.3 Å². The summed E-state index contributed by atoms with van der Waals surface area (Å²) in [4.78, 5) is 40.9. The molecule has 7 heteroatoms. The fourth-order valence-corrected chi connectivity index (χ4v) is 3.53. The summed E-state index contributed by atoms with van der Waals surface area (Å²) in [6, 6.07) is 5.36. The monoisotopic (exact) mass is 358 g/mol. The van der Waals surface area contributed by atoms with Crippen LogP contribution in [0.2, 0.25) is 0 Å². The fourth-order valence-electron chi connectivity index (χ4n) is 3.53. The number of amides is 2. The van der Waals surface area contributed by atoms with Crippen LogP contribution >= 0.6 is 0 Å². The molecule has 1 aromatic heterocycles. The molecule has 1 saturated heterocycles. The molecule has 1 aliphatic rings. The van der Waals surface area contributed by atoms with E-state index in [4.69, 9.17) is 0 Å². The summed E-state index contributed by atoms with van der Waals surface area (Å²) in [5.74, 6) is 0.0566. The second-order valence-corrected chi connectivity index (χ2v) is 7.23. The SMILES string of the molecule is CC(C)C(=O)N1CCCN(C(=O)c2ccc3c(c2)n(C)c(=O)n3C)CC1. The van der Waals surface area contributed by atoms with Gasteiger partial charge in [-0.25, -0.2) is 4.79 Å². The number of hydrogen-bond acceptors (Lipinski definition) is 3. The molecule has 0 atom stereocenters. The first-order valence-electron chi connectivity index (χ1n) is 9.04. The molecule has 26 heavy (non-hydrogen) atoms. The van der Waals surface area contributed by atoms with Crippen LogP contribution in [-0.4, -0.2) is 56.9 Å². The lowest BCUT2D eigenvalue weighted by Crippen LogP contribution is -2.38. The molecule has 1 aliphatic heterocycles. The van der Waals surface area contributed by atoms with Gasteiger partial charge in [0.05, 0.1) is 11.0 Å². The number of aromatic nitrogens is 2. The Balaban J connectivity index is 1.81. The maximum atomic E-state index is 12.9. The van der Waals surface area contributed by atoms with Crippen molar-refractivity contribution in [2.24, 2.45) is 20.0 Å². The molecule has 1 aromatic carbocycles. The molecule has 2 aromatic rings. The van der Waals surface area contributed by atoms with E-state index >= 15 is 0 Å². The molecule has 0 N–H and O–H groups in total. The van der Waals surface area contributed by atoms with Gasteiger partial charge in [0.15, 0.2) is 0 Å². The van der Waals surface area contributed by atoms with Gasteiger partial charge in [-0.2, -0.15) is 0 Å². The minimum absolute atomic E-state index is 0.0287. The highest BCUT2D eigenvalue weighted by Gasteiger charge is 2.24. The molecule has 0 aliphatic carbocycles. The molecule has 2 heterocycles. The van der Waals surface area contributed by atoms with Crippen LogP contribution in [0.25, 0.3) is 11.0 Å². The van der Waals surface area contributed by atoms with Crippen molar-refractivity contribution in [3.63, 3.8) is 0 Å². The third kappa shape index (κ3) is 3.13.